The van der Waals surface area contributed by atoms with Gasteiger partial charge in [0.25, 0.3) is 0 Å². The summed E-state index contributed by atoms with van der Waals surface area (Å²) in [5.41, 5.74) is 5.84. The van der Waals surface area contributed by atoms with Crippen molar-refractivity contribution in [1.29, 1.82) is 0 Å². The number of hydrogen-bond acceptors (Lipinski definition) is 3. The Kier molecular flexibility index (Phi) is 3.79. The number of hydrogen-bond donors (Lipinski definition) is 1. The maximum Gasteiger partial charge on any atom is 0.187 e. The molecule has 1 N–H and O–H groups in total. The van der Waals surface area contributed by atoms with Crippen molar-refractivity contribution in [1.82, 2.24) is 4.98 Å². The summed E-state index contributed by atoms with van der Waals surface area (Å²) >= 11 is 1.64. The fourth-order valence-corrected chi connectivity index (χ4v) is 3.64. The fraction of sp³-hybridized carbons (Fsp3) is 0.0952. The summed E-state index contributed by atoms with van der Waals surface area (Å²) in [5, 5.41) is 8.96. The summed E-state index contributed by atoms with van der Waals surface area (Å²) in [6, 6.07) is 21.2. The van der Waals surface area contributed by atoms with Gasteiger partial charge in [0.05, 0.1) is 5.69 Å². The first-order valence-electron chi connectivity index (χ1n) is 7.99. The number of aromatic nitrogens is 1. The molecule has 3 heteroatoms. The average Bonchev–Trinajstić information content (AvgIpc) is 3.06. The Morgan fingerprint density at radius 3 is 2.67 bits per heavy atom. The van der Waals surface area contributed by atoms with Crippen molar-refractivity contribution >= 4 is 32.9 Å². The van der Waals surface area contributed by atoms with Gasteiger partial charge in [-0.25, -0.2) is 4.98 Å². The van der Waals surface area contributed by atoms with E-state index in [0.29, 0.717) is 0 Å². The Bertz CT molecular complexity index is 1010. The first-order valence-corrected chi connectivity index (χ1v) is 8.86. The summed E-state index contributed by atoms with van der Waals surface area (Å²) in [5.74, 6) is 0. The van der Waals surface area contributed by atoms with Crippen LogP contribution in [0.5, 0.6) is 0 Å². The van der Waals surface area contributed by atoms with Crippen LogP contribution in [0.2, 0.25) is 0 Å². The zero-order chi connectivity index (χ0) is 16.5. The van der Waals surface area contributed by atoms with Crippen molar-refractivity contribution in [2.45, 2.75) is 13.8 Å². The van der Waals surface area contributed by atoms with E-state index in [-0.39, 0.29) is 0 Å². The van der Waals surface area contributed by atoms with Crippen LogP contribution in [0, 0.1) is 13.8 Å². The number of benzene rings is 3. The minimum atomic E-state index is 0.919. The lowest BCUT2D eigenvalue weighted by Crippen LogP contribution is -1.91. The zero-order valence-corrected chi connectivity index (χ0v) is 14.5. The Morgan fingerprint density at radius 2 is 1.75 bits per heavy atom. The van der Waals surface area contributed by atoms with Gasteiger partial charge >= 0.3 is 0 Å². The lowest BCUT2D eigenvalue weighted by Gasteiger charge is -2.07. The zero-order valence-electron chi connectivity index (χ0n) is 13.7. The van der Waals surface area contributed by atoms with E-state index in [1.807, 2.05) is 0 Å². The maximum absolute atomic E-state index is 4.79. The van der Waals surface area contributed by atoms with Crippen LogP contribution in [0.4, 0.5) is 10.8 Å². The van der Waals surface area contributed by atoms with Gasteiger partial charge in [0.2, 0.25) is 0 Å². The van der Waals surface area contributed by atoms with E-state index in [2.05, 4.69) is 85.2 Å². The van der Waals surface area contributed by atoms with Gasteiger partial charge in [-0.3, -0.25) is 0 Å². The predicted molar refractivity (Wildman–Crippen MR) is 104 cm³/mol. The minimum Gasteiger partial charge on any atom is -0.331 e. The van der Waals surface area contributed by atoms with Crippen LogP contribution in [0.15, 0.2) is 66.0 Å². The van der Waals surface area contributed by atoms with Crippen LogP contribution in [-0.4, -0.2) is 4.98 Å². The third-order valence-corrected chi connectivity index (χ3v) is 4.96. The number of nitrogens with zero attached hydrogens (tertiary/aromatic N) is 1. The second-order valence-electron chi connectivity index (χ2n) is 6.01. The van der Waals surface area contributed by atoms with E-state index in [4.69, 9.17) is 4.98 Å². The molecule has 0 unspecified atom stereocenters. The van der Waals surface area contributed by atoms with Gasteiger partial charge < -0.3 is 5.32 Å². The molecule has 0 aliphatic carbocycles. The summed E-state index contributed by atoms with van der Waals surface area (Å²) < 4.78 is 0. The highest BCUT2D eigenvalue weighted by Crippen LogP contribution is 2.31. The molecule has 0 bridgehead atoms. The molecule has 3 aromatic carbocycles. The third kappa shape index (κ3) is 2.79. The number of anilines is 2. The lowest BCUT2D eigenvalue weighted by molar-refractivity contribution is 1.33. The molecule has 0 aliphatic heterocycles. The molecule has 0 saturated carbocycles. The smallest absolute Gasteiger partial charge is 0.187 e. The number of aryl methyl sites for hydroxylation is 2. The quantitative estimate of drug-likeness (QED) is 0.475. The third-order valence-electron chi connectivity index (χ3n) is 4.20. The molecular weight excluding hydrogens is 312 g/mol. The van der Waals surface area contributed by atoms with Crippen LogP contribution in [-0.2, 0) is 0 Å². The molecular formula is C21H18N2S. The lowest BCUT2D eigenvalue weighted by atomic mass is 10.0. The van der Waals surface area contributed by atoms with E-state index in [1.165, 1.54) is 27.5 Å². The Balaban J connectivity index is 1.69. The Hall–Kier alpha value is -2.65. The number of thiazole rings is 1. The molecule has 1 heterocycles. The molecule has 0 spiro atoms. The molecule has 0 saturated heterocycles. The largest absolute Gasteiger partial charge is 0.331 e. The SMILES string of the molecule is Cc1ccc(C)c(-c2csc(Nc3cccc4ccccc34)n2)c1. The van der Waals surface area contributed by atoms with Gasteiger partial charge in [-0.1, -0.05) is 54.1 Å². The van der Waals surface area contributed by atoms with E-state index in [1.54, 1.807) is 11.3 Å². The normalized spacial score (nSPS) is 10.9. The van der Waals surface area contributed by atoms with Crippen LogP contribution >= 0.6 is 11.3 Å². The van der Waals surface area contributed by atoms with Crippen molar-refractivity contribution in [2.24, 2.45) is 0 Å². The van der Waals surface area contributed by atoms with Gasteiger partial charge in [0, 0.05) is 22.0 Å². The van der Waals surface area contributed by atoms with E-state index >= 15 is 0 Å². The second-order valence-corrected chi connectivity index (χ2v) is 6.87. The van der Waals surface area contributed by atoms with Crippen LogP contribution in [0.25, 0.3) is 22.0 Å². The number of fused-ring (bicyclic) bond motifs is 1. The molecule has 0 radical (unpaired) electrons. The molecule has 1 aromatic heterocycles. The molecule has 0 fully saturated rings. The minimum absolute atomic E-state index is 0.919. The van der Waals surface area contributed by atoms with E-state index < -0.39 is 0 Å². The monoisotopic (exact) mass is 330 g/mol. The van der Waals surface area contributed by atoms with Crippen LogP contribution < -0.4 is 5.32 Å². The van der Waals surface area contributed by atoms with Crippen molar-refractivity contribution in [3.63, 3.8) is 0 Å². The number of rotatable bonds is 3. The van der Waals surface area contributed by atoms with Gasteiger partial charge in [-0.15, -0.1) is 11.3 Å². The summed E-state index contributed by atoms with van der Waals surface area (Å²) in [6.07, 6.45) is 0. The highest BCUT2D eigenvalue weighted by atomic mass is 32.1. The molecule has 2 nitrogen and oxygen atoms in total. The molecule has 0 atom stereocenters. The van der Waals surface area contributed by atoms with Gasteiger partial charge in [-0.05, 0) is 36.9 Å². The second kappa shape index (κ2) is 6.10. The van der Waals surface area contributed by atoms with Gasteiger partial charge in [-0.2, -0.15) is 0 Å². The fourth-order valence-electron chi connectivity index (χ4n) is 2.92. The molecule has 4 rings (SSSR count). The maximum atomic E-state index is 4.79. The van der Waals surface area contributed by atoms with Crippen LogP contribution in [0.3, 0.4) is 0 Å². The Labute approximate surface area is 145 Å². The predicted octanol–water partition coefficient (Wildman–Crippen LogP) is 6.32. The summed E-state index contributed by atoms with van der Waals surface area (Å²) in [7, 11) is 0. The van der Waals surface area contributed by atoms with Crippen molar-refractivity contribution in [2.75, 3.05) is 5.32 Å². The Morgan fingerprint density at radius 1 is 0.917 bits per heavy atom. The highest BCUT2D eigenvalue weighted by molar-refractivity contribution is 7.14. The van der Waals surface area contributed by atoms with Crippen molar-refractivity contribution < 1.29 is 0 Å². The number of nitrogens with one attached hydrogen (secondary N) is 1. The van der Waals surface area contributed by atoms with Gasteiger partial charge in [0.15, 0.2) is 5.13 Å². The average molecular weight is 330 g/mol. The molecule has 0 amide bonds. The molecule has 4 aromatic rings. The van der Waals surface area contributed by atoms with Crippen molar-refractivity contribution in [3.8, 4) is 11.3 Å². The first-order chi connectivity index (χ1) is 11.7. The van der Waals surface area contributed by atoms with E-state index in [0.717, 1.165) is 16.5 Å². The summed E-state index contributed by atoms with van der Waals surface area (Å²) in [4.78, 5) is 4.79. The molecule has 24 heavy (non-hydrogen) atoms. The summed E-state index contributed by atoms with van der Waals surface area (Å²) in [6.45, 7) is 4.25. The molecule has 0 aliphatic rings. The molecule has 118 valence electrons. The standard InChI is InChI=1S/C21H18N2S/c1-14-10-11-15(2)18(12-14)20-13-24-21(23-20)22-19-9-5-7-16-6-3-4-8-17(16)19/h3-13H,1-2H3,(H,22,23). The van der Waals surface area contributed by atoms with E-state index in [9.17, 15) is 0 Å². The topological polar surface area (TPSA) is 24.9 Å². The highest BCUT2D eigenvalue weighted by Gasteiger charge is 2.09. The van der Waals surface area contributed by atoms with Crippen molar-refractivity contribution in [3.05, 3.63) is 77.2 Å². The first kappa shape index (κ1) is 14.9. The van der Waals surface area contributed by atoms with Gasteiger partial charge in [0.1, 0.15) is 0 Å². The van der Waals surface area contributed by atoms with Crippen LogP contribution in [0.1, 0.15) is 11.1 Å².